The fraction of sp³-hybridized carbons (Fsp3) is 0.429. The van der Waals surface area contributed by atoms with Crippen LogP contribution in [0.15, 0.2) is 24.3 Å². The van der Waals surface area contributed by atoms with Crippen LogP contribution < -0.4 is 0 Å². The molecule has 1 aromatic carbocycles. The van der Waals surface area contributed by atoms with Gasteiger partial charge < -0.3 is 14.2 Å². The number of carbonyl (C=O) groups is 2. The van der Waals surface area contributed by atoms with E-state index in [2.05, 4.69) is 0 Å². The second-order valence-electron chi connectivity index (χ2n) is 4.70. The Bertz CT molecular complexity index is 491. The minimum Gasteiger partial charge on any atom is -0.469 e. The number of carbonyl (C=O) groups excluding carboxylic acids is 2. The van der Waals surface area contributed by atoms with Gasteiger partial charge >= 0.3 is 11.9 Å². The van der Waals surface area contributed by atoms with Crippen molar-refractivity contribution in [2.24, 2.45) is 11.8 Å². The zero-order valence-electron chi connectivity index (χ0n) is 10.7. The molecule has 0 radical (unpaired) electrons. The number of methoxy groups -OCH3 is 2. The Morgan fingerprint density at radius 3 is 1.74 bits per heavy atom. The highest BCUT2D eigenvalue weighted by molar-refractivity contribution is 5.85. The largest absolute Gasteiger partial charge is 0.469 e. The molecule has 1 fully saturated rings. The summed E-state index contributed by atoms with van der Waals surface area (Å²) in [7, 11) is 2.63. The molecule has 0 saturated carbocycles. The first-order valence-corrected chi connectivity index (χ1v) is 6.09. The third kappa shape index (κ3) is 1.58. The van der Waals surface area contributed by atoms with Crippen molar-refractivity contribution in [3.05, 3.63) is 35.4 Å². The lowest BCUT2D eigenvalue weighted by atomic mass is 9.76. The topological polar surface area (TPSA) is 61.8 Å². The minimum atomic E-state index is -0.627. The number of benzene rings is 1. The highest BCUT2D eigenvalue weighted by Crippen LogP contribution is 2.57. The van der Waals surface area contributed by atoms with Gasteiger partial charge in [-0.1, -0.05) is 24.3 Å². The van der Waals surface area contributed by atoms with Crippen LogP contribution in [-0.4, -0.2) is 26.2 Å². The Labute approximate surface area is 110 Å². The number of fused-ring (bicyclic) bond motifs is 5. The number of hydrogen-bond acceptors (Lipinski definition) is 5. The molecular formula is C14H14O5. The summed E-state index contributed by atoms with van der Waals surface area (Å²) in [5.41, 5.74) is 1.92. The highest BCUT2D eigenvalue weighted by atomic mass is 16.6. The molecule has 1 saturated heterocycles. The van der Waals surface area contributed by atoms with Crippen LogP contribution in [0.1, 0.15) is 23.3 Å². The number of esters is 2. The summed E-state index contributed by atoms with van der Waals surface area (Å²) in [6, 6.07) is 7.63. The van der Waals surface area contributed by atoms with Gasteiger partial charge in [0.1, 0.15) is 11.8 Å². The van der Waals surface area contributed by atoms with Crippen molar-refractivity contribution in [1.82, 2.24) is 0 Å². The third-order valence-corrected chi connectivity index (χ3v) is 3.89. The predicted molar refractivity (Wildman–Crippen MR) is 64.0 cm³/mol. The van der Waals surface area contributed by atoms with Crippen LogP contribution >= 0.6 is 0 Å². The highest BCUT2D eigenvalue weighted by Gasteiger charge is 2.59. The molecule has 0 N–H and O–H groups in total. The van der Waals surface area contributed by atoms with E-state index in [1.54, 1.807) is 0 Å². The first kappa shape index (κ1) is 12.2. The Morgan fingerprint density at radius 1 is 0.947 bits per heavy atom. The molecule has 19 heavy (non-hydrogen) atoms. The van der Waals surface area contributed by atoms with E-state index in [4.69, 9.17) is 14.2 Å². The lowest BCUT2D eigenvalue weighted by Crippen LogP contribution is -2.35. The lowest BCUT2D eigenvalue weighted by molar-refractivity contribution is -0.157. The van der Waals surface area contributed by atoms with E-state index < -0.39 is 36.0 Å². The minimum absolute atomic E-state index is 0.419. The second kappa shape index (κ2) is 4.35. The van der Waals surface area contributed by atoms with Gasteiger partial charge in [0, 0.05) is 0 Å². The van der Waals surface area contributed by atoms with E-state index in [0.717, 1.165) is 11.1 Å². The fourth-order valence-corrected chi connectivity index (χ4v) is 3.08. The molecule has 0 aliphatic carbocycles. The Kier molecular flexibility index (Phi) is 2.78. The van der Waals surface area contributed by atoms with Crippen LogP contribution in [0.2, 0.25) is 0 Å². The summed E-state index contributed by atoms with van der Waals surface area (Å²) in [6.07, 6.45) is -0.838. The molecule has 5 heteroatoms. The first-order chi connectivity index (χ1) is 9.19. The van der Waals surface area contributed by atoms with Crippen molar-refractivity contribution in [2.75, 3.05) is 14.2 Å². The lowest BCUT2D eigenvalue weighted by Gasteiger charge is -2.25. The summed E-state index contributed by atoms with van der Waals surface area (Å²) in [6.45, 7) is 0. The van der Waals surface area contributed by atoms with Crippen molar-refractivity contribution in [2.45, 2.75) is 12.2 Å². The Hall–Kier alpha value is -1.88. The van der Waals surface area contributed by atoms with Crippen LogP contribution in [0.4, 0.5) is 0 Å². The molecule has 4 atom stereocenters. The predicted octanol–water partition coefficient (Wildman–Crippen LogP) is 1.39. The van der Waals surface area contributed by atoms with Crippen LogP contribution in [0.25, 0.3) is 0 Å². The van der Waals surface area contributed by atoms with Gasteiger partial charge in [-0.25, -0.2) is 0 Å². The SMILES string of the molecule is COC(=O)[C@@H]1[C@H](C(=O)OC)[C@@H]2O[C@H]1c1ccccc12. The number of hydrogen-bond donors (Lipinski definition) is 0. The van der Waals surface area contributed by atoms with Crippen molar-refractivity contribution >= 4 is 11.9 Å². The van der Waals surface area contributed by atoms with E-state index in [-0.39, 0.29) is 0 Å². The summed E-state index contributed by atoms with van der Waals surface area (Å²) in [5.74, 6) is -2.12. The third-order valence-electron chi connectivity index (χ3n) is 3.89. The van der Waals surface area contributed by atoms with Gasteiger partial charge in [-0.05, 0) is 11.1 Å². The molecule has 0 amide bonds. The molecule has 0 spiro atoms. The molecule has 2 bridgehead atoms. The zero-order valence-corrected chi connectivity index (χ0v) is 10.7. The summed E-state index contributed by atoms with van der Waals surface area (Å²) in [5, 5.41) is 0. The second-order valence-corrected chi connectivity index (χ2v) is 4.70. The molecule has 5 nitrogen and oxygen atoms in total. The molecular weight excluding hydrogens is 248 g/mol. The van der Waals surface area contributed by atoms with E-state index >= 15 is 0 Å². The number of ether oxygens (including phenoxy) is 3. The van der Waals surface area contributed by atoms with Crippen LogP contribution in [-0.2, 0) is 23.8 Å². The monoisotopic (exact) mass is 262 g/mol. The summed E-state index contributed by atoms with van der Waals surface area (Å²) < 4.78 is 15.4. The smallest absolute Gasteiger partial charge is 0.312 e. The zero-order chi connectivity index (χ0) is 13.6. The van der Waals surface area contributed by atoms with Gasteiger partial charge in [0.2, 0.25) is 0 Å². The van der Waals surface area contributed by atoms with Gasteiger partial charge in [-0.2, -0.15) is 0 Å². The maximum atomic E-state index is 11.9. The molecule has 2 aliphatic rings. The van der Waals surface area contributed by atoms with Gasteiger partial charge in [0.15, 0.2) is 0 Å². The van der Waals surface area contributed by atoms with Crippen molar-refractivity contribution in [3.63, 3.8) is 0 Å². The van der Waals surface area contributed by atoms with Gasteiger partial charge in [-0.3, -0.25) is 9.59 Å². The quantitative estimate of drug-likeness (QED) is 0.754. The molecule has 0 aromatic heterocycles. The van der Waals surface area contributed by atoms with Crippen molar-refractivity contribution in [1.29, 1.82) is 0 Å². The molecule has 0 unspecified atom stereocenters. The molecule has 2 aliphatic heterocycles. The molecule has 100 valence electrons. The van der Waals surface area contributed by atoms with Crippen LogP contribution in [0.5, 0.6) is 0 Å². The fourth-order valence-electron chi connectivity index (χ4n) is 3.08. The molecule has 3 rings (SSSR count). The maximum absolute atomic E-state index is 11.9. The van der Waals surface area contributed by atoms with Crippen molar-refractivity contribution < 1.29 is 23.8 Å². The maximum Gasteiger partial charge on any atom is 0.312 e. The summed E-state index contributed by atoms with van der Waals surface area (Å²) >= 11 is 0. The Balaban J connectivity index is 2.06. The average Bonchev–Trinajstić information content (AvgIpc) is 3.02. The van der Waals surface area contributed by atoms with Crippen LogP contribution in [0.3, 0.4) is 0 Å². The van der Waals surface area contributed by atoms with Gasteiger partial charge in [0.05, 0.1) is 26.4 Å². The van der Waals surface area contributed by atoms with E-state index in [0.29, 0.717) is 0 Å². The number of rotatable bonds is 2. The Morgan fingerprint density at radius 2 is 1.37 bits per heavy atom. The molecule has 2 heterocycles. The van der Waals surface area contributed by atoms with E-state index in [1.165, 1.54) is 14.2 Å². The van der Waals surface area contributed by atoms with Gasteiger partial charge in [-0.15, -0.1) is 0 Å². The van der Waals surface area contributed by atoms with E-state index in [1.807, 2.05) is 24.3 Å². The van der Waals surface area contributed by atoms with Crippen LogP contribution in [0, 0.1) is 11.8 Å². The standard InChI is InChI=1S/C14H14O5/c1-17-13(15)9-10(14(16)18-2)12-8-6-4-3-5-7(8)11(9)19-12/h3-6,9-12H,1-2H3/t9-,10+,11+,12-. The van der Waals surface area contributed by atoms with E-state index in [9.17, 15) is 9.59 Å². The van der Waals surface area contributed by atoms with Gasteiger partial charge in [0.25, 0.3) is 0 Å². The normalized spacial score (nSPS) is 30.8. The van der Waals surface area contributed by atoms with Crippen molar-refractivity contribution in [3.8, 4) is 0 Å². The average molecular weight is 262 g/mol. The molecule has 1 aromatic rings. The summed E-state index contributed by atoms with van der Waals surface area (Å²) in [4.78, 5) is 23.9. The first-order valence-electron chi connectivity index (χ1n) is 6.09.